The molecule has 0 spiro atoms. The Bertz CT molecular complexity index is 538. The minimum absolute atomic E-state index is 0.222. The highest BCUT2D eigenvalue weighted by Gasteiger charge is 2.43. The number of fused-ring (bicyclic) bond motifs is 2. The standard InChI is InChI=1S/C17H22ClNO/c1-17(2,19)16-11-4-3-10(5-11)6-15(16)12-7-13(18)9-14(20)8-12/h6-11,16,20H,3-5,19H2,1-2H3. The summed E-state index contributed by atoms with van der Waals surface area (Å²) in [5.74, 6) is 1.87. The molecule has 0 saturated heterocycles. The van der Waals surface area contributed by atoms with Gasteiger partial charge in [0.15, 0.2) is 0 Å². The molecule has 2 nitrogen and oxygen atoms in total. The minimum atomic E-state index is -0.260. The fourth-order valence-corrected chi connectivity index (χ4v) is 4.37. The van der Waals surface area contributed by atoms with Gasteiger partial charge in [0, 0.05) is 16.5 Å². The van der Waals surface area contributed by atoms with Crippen molar-refractivity contribution in [3.05, 3.63) is 34.9 Å². The van der Waals surface area contributed by atoms with Crippen LogP contribution in [-0.4, -0.2) is 10.6 Å². The van der Waals surface area contributed by atoms with Gasteiger partial charge >= 0.3 is 0 Å². The summed E-state index contributed by atoms with van der Waals surface area (Å²) in [6.07, 6.45) is 6.13. The molecule has 3 rings (SSSR count). The zero-order valence-electron chi connectivity index (χ0n) is 12.1. The van der Waals surface area contributed by atoms with E-state index in [0.717, 1.165) is 5.56 Å². The van der Waals surface area contributed by atoms with Crippen LogP contribution in [0, 0.1) is 17.8 Å². The van der Waals surface area contributed by atoms with E-state index >= 15 is 0 Å². The number of aromatic hydroxyl groups is 1. The Labute approximate surface area is 125 Å². The van der Waals surface area contributed by atoms with Gasteiger partial charge in [0.2, 0.25) is 0 Å². The van der Waals surface area contributed by atoms with Crippen LogP contribution in [0.15, 0.2) is 24.3 Å². The van der Waals surface area contributed by atoms with E-state index < -0.39 is 0 Å². The first kappa shape index (κ1) is 14.0. The Morgan fingerprint density at radius 2 is 2.00 bits per heavy atom. The topological polar surface area (TPSA) is 46.2 Å². The molecule has 0 heterocycles. The van der Waals surface area contributed by atoms with E-state index in [4.69, 9.17) is 17.3 Å². The number of hydrogen-bond acceptors (Lipinski definition) is 2. The summed E-state index contributed by atoms with van der Waals surface area (Å²) < 4.78 is 0. The molecule has 2 aliphatic carbocycles. The molecule has 0 aromatic heterocycles. The Hall–Kier alpha value is -0.990. The molecule has 1 saturated carbocycles. The lowest BCUT2D eigenvalue weighted by Crippen LogP contribution is -2.45. The van der Waals surface area contributed by atoms with Crippen molar-refractivity contribution in [3.8, 4) is 5.75 Å². The summed E-state index contributed by atoms with van der Waals surface area (Å²) in [5, 5.41) is 10.4. The van der Waals surface area contributed by atoms with Gasteiger partial charge in [-0.3, -0.25) is 0 Å². The SMILES string of the molecule is CC(C)(N)C1C(c2cc(O)cc(Cl)c2)=CC2CCC1C2. The van der Waals surface area contributed by atoms with Crippen molar-refractivity contribution >= 4 is 17.2 Å². The molecule has 1 aromatic rings. The molecule has 3 unspecified atom stereocenters. The molecular formula is C17H22ClNO. The van der Waals surface area contributed by atoms with Crippen LogP contribution in [0.3, 0.4) is 0 Å². The first-order valence-electron chi connectivity index (χ1n) is 7.35. The first-order valence-corrected chi connectivity index (χ1v) is 7.73. The molecule has 0 amide bonds. The summed E-state index contributed by atoms with van der Waals surface area (Å²) in [5.41, 5.74) is 8.50. The van der Waals surface area contributed by atoms with Crippen molar-refractivity contribution in [1.82, 2.24) is 0 Å². The predicted octanol–water partition coefficient (Wildman–Crippen LogP) is 4.21. The van der Waals surface area contributed by atoms with Gasteiger partial charge in [-0.1, -0.05) is 17.7 Å². The number of hydrogen-bond donors (Lipinski definition) is 2. The lowest BCUT2D eigenvalue weighted by atomic mass is 9.68. The lowest BCUT2D eigenvalue weighted by molar-refractivity contribution is 0.273. The van der Waals surface area contributed by atoms with Gasteiger partial charge < -0.3 is 10.8 Å². The maximum Gasteiger partial charge on any atom is 0.117 e. The van der Waals surface area contributed by atoms with Crippen molar-refractivity contribution in [3.63, 3.8) is 0 Å². The number of phenolic OH excluding ortho intramolecular Hbond substituents is 1. The fraction of sp³-hybridized carbons (Fsp3) is 0.529. The van der Waals surface area contributed by atoms with Crippen molar-refractivity contribution in [2.75, 3.05) is 0 Å². The first-order chi connectivity index (χ1) is 9.34. The maximum atomic E-state index is 9.82. The second-order valence-electron chi connectivity index (χ2n) is 6.95. The summed E-state index contributed by atoms with van der Waals surface area (Å²) >= 11 is 6.10. The normalized spacial score (nSPS) is 29.4. The van der Waals surface area contributed by atoms with E-state index in [1.165, 1.54) is 24.8 Å². The van der Waals surface area contributed by atoms with E-state index in [-0.39, 0.29) is 11.3 Å². The minimum Gasteiger partial charge on any atom is -0.508 e. The van der Waals surface area contributed by atoms with E-state index in [2.05, 4.69) is 19.9 Å². The van der Waals surface area contributed by atoms with E-state index in [1.807, 2.05) is 6.07 Å². The van der Waals surface area contributed by atoms with Crippen molar-refractivity contribution < 1.29 is 5.11 Å². The molecule has 20 heavy (non-hydrogen) atoms. The zero-order chi connectivity index (χ0) is 14.5. The predicted molar refractivity (Wildman–Crippen MR) is 83.7 cm³/mol. The monoisotopic (exact) mass is 291 g/mol. The van der Waals surface area contributed by atoms with Crippen LogP contribution in [0.1, 0.15) is 38.7 Å². The van der Waals surface area contributed by atoms with Gasteiger partial charge in [0.25, 0.3) is 0 Å². The average molecular weight is 292 g/mol. The molecule has 2 bridgehead atoms. The number of phenols is 1. The van der Waals surface area contributed by atoms with Crippen molar-refractivity contribution in [1.29, 1.82) is 0 Å². The fourth-order valence-electron chi connectivity index (χ4n) is 4.14. The number of rotatable bonds is 2. The van der Waals surface area contributed by atoms with E-state index in [1.54, 1.807) is 12.1 Å². The van der Waals surface area contributed by atoms with Crippen LogP contribution in [0.2, 0.25) is 5.02 Å². The van der Waals surface area contributed by atoms with Crippen LogP contribution in [0.5, 0.6) is 5.75 Å². The quantitative estimate of drug-likeness (QED) is 0.857. The molecule has 2 aliphatic rings. The third-order valence-corrected chi connectivity index (χ3v) is 4.97. The second-order valence-corrected chi connectivity index (χ2v) is 7.39. The molecular weight excluding hydrogens is 270 g/mol. The third kappa shape index (κ3) is 2.47. The molecule has 3 heteroatoms. The van der Waals surface area contributed by atoms with Gasteiger partial charge in [-0.2, -0.15) is 0 Å². The highest BCUT2D eigenvalue weighted by Crippen LogP contribution is 2.51. The Morgan fingerprint density at radius 1 is 1.25 bits per heavy atom. The van der Waals surface area contributed by atoms with Gasteiger partial charge in [0.1, 0.15) is 5.75 Å². The van der Waals surface area contributed by atoms with Crippen LogP contribution in [-0.2, 0) is 0 Å². The van der Waals surface area contributed by atoms with Gasteiger partial charge in [-0.05, 0) is 74.3 Å². The number of benzene rings is 1. The Kier molecular flexibility index (Phi) is 3.34. The lowest BCUT2D eigenvalue weighted by Gasteiger charge is -2.40. The maximum absolute atomic E-state index is 9.82. The summed E-state index contributed by atoms with van der Waals surface area (Å²) in [4.78, 5) is 0. The summed E-state index contributed by atoms with van der Waals surface area (Å²) in [6, 6.07) is 5.32. The van der Waals surface area contributed by atoms with Gasteiger partial charge in [0.05, 0.1) is 0 Å². The van der Waals surface area contributed by atoms with Gasteiger partial charge in [-0.15, -0.1) is 0 Å². The molecule has 3 N–H and O–H groups in total. The number of halogens is 1. The second kappa shape index (κ2) is 4.78. The van der Waals surface area contributed by atoms with E-state index in [0.29, 0.717) is 22.8 Å². The van der Waals surface area contributed by atoms with Crippen LogP contribution >= 0.6 is 11.6 Å². The molecule has 1 fully saturated rings. The molecule has 0 radical (unpaired) electrons. The van der Waals surface area contributed by atoms with Crippen LogP contribution < -0.4 is 5.73 Å². The van der Waals surface area contributed by atoms with Crippen LogP contribution in [0.25, 0.3) is 5.57 Å². The molecule has 0 aliphatic heterocycles. The summed E-state index contributed by atoms with van der Waals surface area (Å²) in [7, 11) is 0. The highest BCUT2D eigenvalue weighted by molar-refractivity contribution is 6.30. The summed E-state index contributed by atoms with van der Waals surface area (Å²) in [6.45, 7) is 4.21. The molecule has 1 aromatic carbocycles. The van der Waals surface area contributed by atoms with E-state index in [9.17, 15) is 5.11 Å². The average Bonchev–Trinajstić information content (AvgIpc) is 2.67. The molecule has 108 valence electrons. The smallest absolute Gasteiger partial charge is 0.117 e. The number of nitrogens with two attached hydrogens (primary N) is 1. The largest absolute Gasteiger partial charge is 0.508 e. The Morgan fingerprint density at radius 3 is 2.65 bits per heavy atom. The number of allylic oxidation sites excluding steroid dienone is 1. The highest BCUT2D eigenvalue weighted by atomic mass is 35.5. The third-order valence-electron chi connectivity index (χ3n) is 4.75. The zero-order valence-corrected chi connectivity index (χ0v) is 12.8. The molecule has 3 atom stereocenters. The van der Waals surface area contributed by atoms with Crippen molar-refractivity contribution in [2.45, 2.75) is 38.6 Å². The van der Waals surface area contributed by atoms with Gasteiger partial charge in [-0.25, -0.2) is 0 Å². The Balaban J connectivity index is 2.09. The van der Waals surface area contributed by atoms with Crippen molar-refractivity contribution in [2.24, 2.45) is 23.5 Å². The van der Waals surface area contributed by atoms with Crippen LogP contribution in [0.4, 0.5) is 0 Å².